The second-order valence-electron chi connectivity index (χ2n) is 11.0. The van der Waals surface area contributed by atoms with Crippen LogP contribution in [0.2, 0.25) is 0 Å². The molecule has 0 aliphatic carbocycles. The molecule has 34 heavy (non-hydrogen) atoms. The van der Waals surface area contributed by atoms with E-state index < -0.39 is 0 Å². The molecule has 0 saturated carbocycles. The Hall–Kier alpha value is -3.09. The van der Waals surface area contributed by atoms with Gasteiger partial charge in [-0.2, -0.15) is 0 Å². The van der Waals surface area contributed by atoms with Crippen LogP contribution in [0.4, 0.5) is 5.69 Å². The molecule has 3 heterocycles. The number of anilines is 1. The van der Waals surface area contributed by atoms with Gasteiger partial charge >= 0.3 is 5.69 Å². The van der Waals surface area contributed by atoms with Gasteiger partial charge in [-0.3, -0.25) is 13.9 Å². The van der Waals surface area contributed by atoms with Crippen molar-refractivity contribution in [1.29, 1.82) is 0 Å². The Kier molecular flexibility index (Phi) is 6.56. The maximum absolute atomic E-state index is 12.9. The van der Waals surface area contributed by atoms with E-state index in [0.29, 0.717) is 24.5 Å². The summed E-state index contributed by atoms with van der Waals surface area (Å²) in [6, 6.07) is 12.4. The minimum atomic E-state index is -0.0341. The van der Waals surface area contributed by atoms with Crippen LogP contribution in [-0.4, -0.2) is 51.1 Å². The van der Waals surface area contributed by atoms with Crippen molar-refractivity contribution in [1.82, 2.24) is 19.0 Å². The van der Waals surface area contributed by atoms with Crippen LogP contribution >= 0.6 is 0 Å². The van der Waals surface area contributed by atoms with Gasteiger partial charge in [-0.1, -0.05) is 46.8 Å². The van der Waals surface area contributed by atoms with E-state index in [4.69, 9.17) is 4.98 Å². The summed E-state index contributed by atoms with van der Waals surface area (Å²) in [6.45, 7) is 14.4. The molecular weight excluding hydrogens is 426 g/mol. The molecule has 1 amide bonds. The molecule has 7 heteroatoms. The molecular formula is C27H37N5O2. The van der Waals surface area contributed by atoms with E-state index in [0.717, 1.165) is 48.6 Å². The van der Waals surface area contributed by atoms with Gasteiger partial charge in [-0.25, -0.2) is 9.78 Å². The molecule has 3 aromatic rings. The molecule has 0 bridgehead atoms. The lowest BCUT2D eigenvalue weighted by atomic mass is 9.97. The SMILES string of the molecule is CC(C)CC(=O)N1CCN(c2cccc(-c3ccc4c(n3)n(C)c(=O)n4CC(C)(C)C)c2)CC1. The van der Waals surface area contributed by atoms with Gasteiger partial charge < -0.3 is 9.80 Å². The molecule has 1 aliphatic rings. The summed E-state index contributed by atoms with van der Waals surface area (Å²) in [5, 5.41) is 0. The molecule has 0 N–H and O–H groups in total. The zero-order chi connectivity index (χ0) is 24.6. The first-order valence-corrected chi connectivity index (χ1v) is 12.2. The second kappa shape index (κ2) is 9.28. The standard InChI is InChI=1S/C27H37N5O2/c1-19(2)16-24(33)31-14-12-30(13-15-31)21-9-7-8-20(17-21)22-10-11-23-25(28-22)29(6)26(34)32(23)18-27(3,4)5/h7-11,17,19H,12-16,18H2,1-6H3. The summed E-state index contributed by atoms with van der Waals surface area (Å²) in [5.41, 5.74) is 4.54. The van der Waals surface area contributed by atoms with Crippen LogP contribution in [0, 0.1) is 11.3 Å². The number of fused-ring (bicyclic) bond motifs is 1. The average Bonchev–Trinajstić information content (AvgIpc) is 3.02. The van der Waals surface area contributed by atoms with Crippen LogP contribution in [0.5, 0.6) is 0 Å². The minimum Gasteiger partial charge on any atom is -0.368 e. The molecule has 1 saturated heterocycles. The Labute approximate surface area is 202 Å². The zero-order valence-corrected chi connectivity index (χ0v) is 21.3. The number of hydrogen-bond donors (Lipinski definition) is 0. The number of aromatic nitrogens is 3. The minimum absolute atomic E-state index is 0.00542. The second-order valence-corrected chi connectivity index (χ2v) is 11.0. The quantitative estimate of drug-likeness (QED) is 0.570. The van der Waals surface area contributed by atoms with E-state index in [9.17, 15) is 9.59 Å². The van der Waals surface area contributed by atoms with Crippen molar-refractivity contribution in [3.05, 3.63) is 46.9 Å². The first-order valence-electron chi connectivity index (χ1n) is 12.2. The van der Waals surface area contributed by atoms with E-state index in [1.54, 1.807) is 11.6 Å². The molecule has 0 unspecified atom stereocenters. The molecule has 1 aromatic carbocycles. The highest BCUT2D eigenvalue weighted by Gasteiger charge is 2.22. The number of aryl methyl sites for hydroxylation is 1. The summed E-state index contributed by atoms with van der Waals surface area (Å²) >= 11 is 0. The summed E-state index contributed by atoms with van der Waals surface area (Å²) in [7, 11) is 1.79. The van der Waals surface area contributed by atoms with Gasteiger partial charge in [0.1, 0.15) is 0 Å². The van der Waals surface area contributed by atoms with Crippen LogP contribution in [0.25, 0.3) is 22.4 Å². The van der Waals surface area contributed by atoms with Gasteiger partial charge in [0.15, 0.2) is 5.65 Å². The van der Waals surface area contributed by atoms with Crippen molar-refractivity contribution in [3.63, 3.8) is 0 Å². The van der Waals surface area contributed by atoms with E-state index in [1.165, 1.54) is 0 Å². The summed E-state index contributed by atoms with van der Waals surface area (Å²) in [4.78, 5) is 34.5. The van der Waals surface area contributed by atoms with Crippen LogP contribution in [-0.2, 0) is 18.4 Å². The zero-order valence-electron chi connectivity index (χ0n) is 21.3. The number of nitrogens with zero attached hydrogens (tertiary/aromatic N) is 5. The lowest BCUT2D eigenvalue weighted by Gasteiger charge is -2.36. The number of imidazole rings is 1. The van der Waals surface area contributed by atoms with Gasteiger partial charge in [-0.05, 0) is 35.6 Å². The maximum Gasteiger partial charge on any atom is 0.330 e. The molecule has 1 fully saturated rings. The molecule has 0 atom stereocenters. The monoisotopic (exact) mass is 463 g/mol. The van der Waals surface area contributed by atoms with Gasteiger partial charge in [0.05, 0.1) is 11.2 Å². The van der Waals surface area contributed by atoms with Crippen molar-refractivity contribution in [2.24, 2.45) is 18.4 Å². The number of benzene rings is 1. The number of hydrogen-bond acceptors (Lipinski definition) is 4. The lowest BCUT2D eigenvalue weighted by molar-refractivity contribution is -0.132. The fourth-order valence-electron chi connectivity index (χ4n) is 4.62. The Bertz CT molecular complexity index is 1240. The van der Waals surface area contributed by atoms with E-state index in [1.807, 2.05) is 21.6 Å². The molecule has 0 radical (unpaired) electrons. The van der Waals surface area contributed by atoms with Crippen LogP contribution in [0.15, 0.2) is 41.2 Å². The topological polar surface area (TPSA) is 63.4 Å². The normalized spacial score (nSPS) is 14.9. The Balaban J connectivity index is 1.56. The van der Waals surface area contributed by atoms with Crippen molar-refractivity contribution in [3.8, 4) is 11.3 Å². The summed E-state index contributed by atoms with van der Waals surface area (Å²) in [5.74, 6) is 0.641. The highest BCUT2D eigenvalue weighted by molar-refractivity contribution is 5.78. The van der Waals surface area contributed by atoms with Crippen LogP contribution in [0.3, 0.4) is 0 Å². The smallest absolute Gasteiger partial charge is 0.330 e. The van der Waals surface area contributed by atoms with Crippen molar-refractivity contribution in [2.75, 3.05) is 31.1 Å². The third kappa shape index (κ3) is 5.03. The fraction of sp³-hybridized carbons (Fsp3) is 0.519. The number of amides is 1. The molecule has 182 valence electrons. The lowest BCUT2D eigenvalue weighted by Crippen LogP contribution is -2.49. The summed E-state index contributed by atoms with van der Waals surface area (Å²) < 4.78 is 3.46. The molecule has 1 aliphatic heterocycles. The van der Waals surface area contributed by atoms with Crippen molar-refractivity contribution in [2.45, 2.75) is 47.6 Å². The van der Waals surface area contributed by atoms with Crippen molar-refractivity contribution < 1.29 is 4.79 Å². The van der Waals surface area contributed by atoms with Crippen molar-refractivity contribution >= 4 is 22.8 Å². The largest absolute Gasteiger partial charge is 0.368 e. The highest BCUT2D eigenvalue weighted by atomic mass is 16.2. The first kappa shape index (κ1) is 24.0. The van der Waals surface area contributed by atoms with E-state index >= 15 is 0 Å². The van der Waals surface area contributed by atoms with E-state index in [2.05, 4.69) is 63.8 Å². The number of carbonyl (C=O) groups excluding carboxylic acids is 1. The Morgan fingerprint density at radius 3 is 2.41 bits per heavy atom. The van der Waals surface area contributed by atoms with Gasteiger partial charge in [0, 0.05) is 57.4 Å². The third-order valence-corrected chi connectivity index (χ3v) is 6.34. The predicted molar refractivity (Wildman–Crippen MR) is 138 cm³/mol. The number of carbonyl (C=O) groups is 1. The number of piperazine rings is 1. The predicted octanol–water partition coefficient (Wildman–Crippen LogP) is 4.14. The first-order chi connectivity index (χ1) is 16.0. The Morgan fingerprint density at radius 2 is 1.76 bits per heavy atom. The van der Waals surface area contributed by atoms with Gasteiger partial charge in [0.25, 0.3) is 0 Å². The Morgan fingerprint density at radius 1 is 1.06 bits per heavy atom. The molecule has 7 nitrogen and oxygen atoms in total. The van der Waals surface area contributed by atoms with E-state index in [-0.39, 0.29) is 17.0 Å². The maximum atomic E-state index is 12.9. The summed E-state index contributed by atoms with van der Waals surface area (Å²) in [6.07, 6.45) is 0.615. The number of rotatable bonds is 5. The van der Waals surface area contributed by atoms with Gasteiger partial charge in [0.2, 0.25) is 5.91 Å². The van der Waals surface area contributed by atoms with Gasteiger partial charge in [-0.15, -0.1) is 0 Å². The highest BCUT2D eigenvalue weighted by Crippen LogP contribution is 2.27. The molecule has 2 aromatic heterocycles. The fourth-order valence-corrected chi connectivity index (χ4v) is 4.62. The van der Waals surface area contributed by atoms with Crippen LogP contribution in [0.1, 0.15) is 41.0 Å². The molecule has 4 rings (SSSR count). The molecule has 0 spiro atoms. The van der Waals surface area contributed by atoms with Crippen LogP contribution < -0.4 is 10.6 Å². The third-order valence-electron chi connectivity index (χ3n) is 6.34. The average molecular weight is 464 g/mol. The number of pyridine rings is 1.